The van der Waals surface area contributed by atoms with E-state index in [2.05, 4.69) is 9.47 Å². The van der Waals surface area contributed by atoms with Crippen LogP contribution >= 0.6 is 0 Å². The van der Waals surface area contributed by atoms with Crippen LogP contribution in [0.25, 0.3) is 0 Å². The molecule has 0 saturated heterocycles. The zero-order valence-electron chi connectivity index (χ0n) is 13.4. The number of alkyl halides is 2. The lowest BCUT2D eigenvalue weighted by Gasteiger charge is -2.10. The number of nitrogens with zero attached hydrogens (tertiary/aromatic N) is 1. The number of ether oxygens (including phenoxy) is 2. The van der Waals surface area contributed by atoms with Crippen LogP contribution < -0.4 is 10.1 Å². The highest BCUT2D eigenvalue weighted by Crippen LogP contribution is 2.22. The van der Waals surface area contributed by atoms with Gasteiger partial charge in [-0.1, -0.05) is 12.1 Å². The van der Waals surface area contributed by atoms with Gasteiger partial charge >= 0.3 is 12.6 Å². The van der Waals surface area contributed by atoms with Gasteiger partial charge in [0.2, 0.25) is 0 Å². The lowest BCUT2D eigenvalue weighted by Crippen LogP contribution is -2.22. The smallest absolute Gasteiger partial charge is 0.387 e. The van der Waals surface area contributed by atoms with Crippen LogP contribution in [0.2, 0.25) is 0 Å². The molecule has 1 amide bonds. The maximum Gasteiger partial charge on any atom is 0.387 e. The maximum absolute atomic E-state index is 13.6. The molecule has 0 saturated carbocycles. The van der Waals surface area contributed by atoms with Gasteiger partial charge in [0.1, 0.15) is 17.1 Å². The zero-order valence-corrected chi connectivity index (χ0v) is 13.4. The van der Waals surface area contributed by atoms with Crippen molar-refractivity contribution < 1.29 is 37.2 Å². The Balaban J connectivity index is 2.01. The number of hydrogen-bond donors (Lipinski definition) is 1. The van der Waals surface area contributed by atoms with Gasteiger partial charge in [-0.15, -0.1) is 0 Å². The fraction of sp³-hybridized carbons (Fsp3) is 0.125. The van der Waals surface area contributed by atoms with Gasteiger partial charge in [0.05, 0.1) is 10.6 Å². The zero-order chi connectivity index (χ0) is 20.0. The maximum atomic E-state index is 13.6. The fourth-order valence-electron chi connectivity index (χ4n) is 1.95. The third kappa shape index (κ3) is 5.42. The topological polar surface area (TPSA) is 108 Å². The number of anilines is 1. The molecule has 0 aromatic heterocycles. The minimum atomic E-state index is -3.17. The van der Waals surface area contributed by atoms with Gasteiger partial charge in [-0.2, -0.15) is 8.78 Å². The number of hydrogen-bond acceptors (Lipinski definition) is 6. The molecule has 0 radical (unpaired) electrons. The van der Waals surface area contributed by atoms with E-state index in [1.807, 2.05) is 5.32 Å². The van der Waals surface area contributed by atoms with Crippen molar-refractivity contribution in [1.82, 2.24) is 0 Å². The van der Waals surface area contributed by atoms with Gasteiger partial charge in [0, 0.05) is 12.1 Å². The molecule has 2 rings (SSSR count). The number of amides is 1. The van der Waals surface area contributed by atoms with Crippen molar-refractivity contribution in [2.24, 2.45) is 0 Å². The van der Waals surface area contributed by atoms with Crippen molar-refractivity contribution in [1.29, 1.82) is 0 Å². The lowest BCUT2D eigenvalue weighted by molar-refractivity contribution is -0.384. The van der Waals surface area contributed by atoms with Crippen LogP contribution in [0.15, 0.2) is 42.5 Å². The van der Waals surface area contributed by atoms with Crippen LogP contribution in [-0.2, 0) is 9.53 Å². The van der Waals surface area contributed by atoms with Crippen molar-refractivity contribution in [3.63, 3.8) is 0 Å². The molecule has 142 valence electrons. The van der Waals surface area contributed by atoms with E-state index in [1.54, 1.807) is 0 Å². The number of carbonyl (C=O) groups excluding carboxylic acids is 2. The van der Waals surface area contributed by atoms with Crippen molar-refractivity contribution in [3.05, 3.63) is 64.0 Å². The van der Waals surface area contributed by atoms with E-state index < -0.39 is 53.0 Å². The van der Waals surface area contributed by atoms with Gasteiger partial charge in [0.25, 0.3) is 11.6 Å². The lowest BCUT2D eigenvalue weighted by atomic mass is 10.2. The molecule has 0 aliphatic carbocycles. The third-order valence-corrected chi connectivity index (χ3v) is 3.09. The Bertz CT molecular complexity index is 875. The van der Waals surface area contributed by atoms with Crippen LogP contribution in [0, 0.1) is 15.9 Å². The second kappa shape index (κ2) is 8.65. The molecule has 0 spiro atoms. The quantitative estimate of drug-likeness (QED) is 0.446. The van der Waals surface area contributed by atoms with Crippen molar-refractivity contribution >= 4 is 23.3 Å². The highest BCUT2D eigenvalue weighted by Gasteiger charge is 2.18. The first kappa shape index (κ1) is 19.7. The van der Waals surface area contributed by atoms with E-state index in [9.17, 15) is 32.9 Å². The van der Waals surface area contributed by atoms with Gasteiger partial charge in [0.15, 0.2) is 6.61 Å². The average Bonchev–Trinajstić information content (AvgIpc) is 2.61. The second-order valence-electron chi connectivity index (χ2n) is 4.92. The predicted molar refractivity (Wildman–Crippen MR) is 85.0 cm³/mol. The van der Waals surface area contributed by atoms with E-state index in [4.69, 9.17) is 0 Å². The summed E-state index contributed by atoms with van der Waals surface area (Å²) < 4.78 is 47.1. The molecule has 0 atom stereocenters. The van der Waals surface area contributed by atoms with Crippen LogP contribution in [0.3, 0.4) is 0 Å². The second-order valence-corrected chi connectivity index (χ2v) is 4.92. The Kier molecular flexibility index (Phi) is 6.31. The first-order chi connectivity index (χ1) is 12.8. The molecule has 0 fully saturated rings. The summed E-state index contributed by atoms with van der Waals surface area (Å²) in [5.41, 5.74) is -1.28. The predicted octanol–water partition coefficient (Wildman–Crippen LogP) is 3.13. The number of carbonyl (C=O) groups is 2. The Morgan fingerprint density at radius 2 is 1.89 bits per heavy atom. The first-order valence-corrected chi connectivity index (χ1v) is 7.22. The highest BCUT2D eigenvalue weighted by atomic mass is 19.3. The molecule has 0 aliphatic rings. The number of benzene rings is 2. The number of halogens is 3. The van der Waals surface area contributed by atoms with Gasteiger partial charge in [-0.25, -0.2) is 9.18 Å². The number of esters is 1. The van der Waals surface area contributed by atoms with Crippen LogP contribution in [0.5, 0.6) is 5.75 Å². The Labute approximate surface area is 149 Å². The van der Waals surface area contributed by atoms with Crippen LogP contribution in [0.4, 0.5) is 24.5 Å². The Hall–Kier alpha value is -3.63. The molecule has 0 unspecified atom stereocenters. The minimum Gasteiger partial charge on any atom is -0.452 e. The van der Waals surface area contributed by atoms with Gasteiger partial charge in [-0.05, 0) is 18.2 Å². The minimum absolute atomic E-state index is 0.341. The summed E-state index contributed by atoms with van der Waals surface area (Å²) in [5, 5.41) is 12.7. The molecule has 0 heterocycles. The Morgan fingerprint density at radius 1 is 1.19 bits per heavy atom. The van der Waals surface area contributed by atoms with E-state index in [0.717, 1.165) is 30.3 Å². The molecule has 0 bridgehead atoms. The van der Waals surface area contributed by atoms with E-state index >= 15 is 0 Å². The molecule has 1 N–H and O–H groups in total. The fourth-order valence-corrected chi connectivity index (χ4v) is 1.95. The summed E-state index contributed by atoms with van der Waals surface area (Å²) in [6.07, 6.45) is 0. The molecule has 0 aliphatic heterocycles. The summed E-state index contributed by atoms with van der Waals surface area (Å²) >= 11 is 0. The molecule has 2 aromatic carbocycles. The third-order valence-electron chi connectivity index (χ3n) is 3.09. The summed E-state index contributed by atoms with van der Waals surface area (Å²) in [7, 11) is 0. The summed E-state index contributed by atoms with van der Waals surface area (Å²) in [4.78, 5) is 33.6. The number of nitro benzene ring substituents is 1. The molecule has 27 heavy (non-hydrogen) atoms. The monoisotopic (exact) mass is 384 g/mol. The standard InChI is InChI=1S/C16H11F3N2O6/c17-11-6-5-9(21(24)25)7-12(11)20-14(22)8-26-15(23)10-3-1-2-4-13(10)27-16(18)19/h1-7,16H,8H2,(H,20,22). The first-order valence-electron chi connectivity index (χ1n) is 7.22. The van der Waals surface area contributed by atoms with E-state index in [0.29, 0.717) is 0 Å². The normalized spacial score (nSPS) is 10.4. The SMILES string of the molecule is O=C(COC(=O)c1ccccc1OC(F)F)Nc1cc([N+](=O)[O-])ccc1F. The summed E-state index contributed by atoms with van der Waals surface area (Å²) in [6, 6.07) is 7.47. The largest absolute Gasteiger partial charge is 0.452 e. The number of non-ortho nitro benzene ring substituents is 1. The van der Waals surface area contributed by atoms with Crippen LogP contribution in [-0.4, -0.2) is 30.0 Å². The van der Waals surface area contributed by atoms with Crippen molar-refractivity contribution in [2.45, 2.75) is 6.61 Å². The van der Waals surface area contributed by atoms with Crippen molar-refractivity contribution in [3.8, 4) is 5.75 Å². The number of nitrogens with one attached hydrogen (secondary N) is 1. The number of nitro groups is 1. The summed E-state index contributed by atoms with van der Waals surface area (Å²) in [6.45, 7) is -4.05. The number of rotatable bonds is 7. The number of para-hydroxylation sites is 1. The van der Waals surface area contributed by atoms with Crippen LogP contribution in [0.1, 0.15) is 10.4 Å². The van der Waals surface area contributed by atoms with Gasteiger partial charge in [-0.3, -0.25) is 14.9 Å². The molecular weight excluding hydrogens is 373 g/mol. The highest BCUT2D eigenvalue weighted by molar-refractivity contribution is 5.97. The molecule has 2 aromatic rings. The molecule has 8 nitrogen and oxygen atoms in total. The molecule has 11 heteroatoms. The van der Waals surface area contributed by atoms with E-state index in [-0.39, 0.29) is 5.56 Å². The molecular formula is C16H11F3N2O6. The average molecular weight is 384 g/mol. The van der Waals surface area contributed by atoms with E-state index in [1.165, 1.54) is 12.1 Å². The Morgan fingerprint density at radius 3 is 2.56 bits per heavy atom. The summed E-state index contributed by atoms with van der Waals surface area (Å²) in [5.74, 6) is -3.49. The van der Waals surface area contributed by atoms with Crippen molar-refractivity contribution in [2.75, 3.05) is 11.9 Å². The van der Waals surface area contributed by atoms with Gasteiger partial charge < -0.3 is 14.8 Å².